The van der Waals surface area contributed by atoms with Gasteiger partial charge in [-0.2, -0.15) is 0 Å². The van der Waals surface area contributed by atoms with Crippen LogP contribution in [0.5, 0.6) is 0 Å². The highest BCUT2D eigenvalue weighted by Gasteiger charge is 2.14. The van der Waals surface area contributed by atoms with E-state index in [1.54, 1.807) is 12.3 Å². The Bertz CT molecular complexity index is 592. The fourth-order valence-corrected chi connectivity index (χ4v) is 2.92. The van der Waals surface area contributed by atoms with Crippen LogP contribution in [0.15, 0.2) is 12.3 Å². The van der Waals surface area contributed by atoms with Crippen LogP contribution in [-0.2, 0) is 11.3 Å². The third kappa shape index (κ3) is 2.88. The SMILES string of the molecule is Nc1nc2cc(Cl)cnc2n1CCOC1CCCCC1. The predicted octanol–water partition coefficient (Wildman–Crippen LogP) is 3.02. The summed E-state index contributed by atoms with van der Waals surface area (Å²) in [6, 6.07) is 1.78. The number of ether oxygens (including phenoxy) is 1. The molecule has 0 amide bonds. The van der Waals surface area contributed by atoms with Crippen molar-refractivity contribution in [2.45, 2.75) is 44.8 Å². The van der Waals surface area contributed by atoms with Gasteiger partial charge in [0, 0.05) is 6.20 Å². The van der Waals surface area contributed by atoms with E-state index in [9.17, 15) is 0 Å². The number of nitrogens with zero attached hydrogens (tertiary/aromatic N) is 3. The van der Waals surface area contributed by atoms with Crippen LogP contribution in [0.4, 0.5) is 5.95 Å². The Morgan fingerprint density at radius 3 is 2.95 bits per heavy atom. The lowest BCUT2D eigenvalue weighted by molar-refractivity contribution is 0.0246. The van der Waals surface area contributed by atoms with Gasteiger partial charge in [0.2, 0.25) is 5.95 Å². The average molecular weight is 295 g/mol. The average Bonchev–Trinajstić information content (AvgIpc) is 2.75. The van der Waals surface area contributed by atoms with Crippen LogP contribution in [0, 0.1) is 0 Å². The zero-order valence-electron chi connectivity index (χ0n) is 11.4. The molecule has 2 aromatic rings. The topological polar surface area (TPSA) is 66.0 Å². The van der Waals surface area contributed by atoms with Gasteiger partial charge in [-0.15, -0.1) is 0 Å². The van der Waals surface area contributed by atoms with E-state index in [0.717, 1.165) is 11.2 Å². The summed E-state index contributed by atoms with van der Waals surface area (Å²) in [6.45, 7) is 1.32. The maximum Gasteiger partial charge on any atom is 0.202 e. The largest absolute Gasteiger partial charge is 0.376 e. The van der Waals surface area contributed by atoms with Crippen LogP contribution in [0.1, 0.15) is 32.1 Å². The van der Waals surface area contributed by atoms with Crippen molar-refractivity contribution >= 4 is 28.7 Å². The number of nitrogens with two attached hydrogens (primary N) is 1. The molecule has 1 fully saturated rings. The van der Waals surface area contributed by atoms with Gasteiger partial charge < -0.3 is 10.5 Å². The van der Waals surface area contributed by atoms with Gasteiger partial charge in [-0.25, -0.2) is 9.97 Å². The first-order valence-electron chi connectivity index (χ1n) is 7.13. The van der Waals surface area contributed by atoms with Gasteiger partial charge in [0.25, 0.3) is 0 Å². The van der Waals surface area contributed by atoms with Crippen LogP contribution in [-0.4, -0.2) is 27.2 Å². The minimum Gasteiger partial charge on any atom is -0.376 e. The van der Waals surface area contributed by atoms with Crippen molar-refractivity contribution in [1.29, 1.82) is 0 Å². The molecule has 6 heteroatoms. The van der Waals surface area contributed by atoms with Crippen LogP contribution in [0.3, 0.4) is 0 Å². The second-order valence-electron chi connectivity index (χ2n) is 5.25. The maximum atomic E-state index is 5.94. The smallest absolute Gasteiger partial charge is 0.202 e. The van der Waals surface area contributed by atoms with Crippen LogP contribution < -0.4 is 5.73 Å². The molecule has 1 saturated carbocycles. The molecule has 3 rings (SSSR count). The molecule has 0 aromatic carbocycles. The molecule has 2 heterocycles. The van der Waals surface area contributed by atoms with Crippen molar-refractivity contribution in [1.82, 2.24) is 14.5 Å². The highest BCUT2D eigenvalue weighted by molar-refractivity contribution is 6.31. The van der Waals surface area contributed by atoms with Gasteiger partial charge in [0.1, 0.15) is 5.52 Å². The maximum absolute atomic E-state index is 5.94. The molecule has 0 bridgehead atoms. The van der Waals surface area contributed by atoms with E-state index in [0.29, 0.717) is 30.2 Å². The first kappa shape index (κ1) is 13.6. The lowest BCUT2D eigenvalue weighted by atomic mass is 9.98. The van der Waals surface area contributed by atoms with Gasteiger partial charge in [-0.1, -0.05) is 30.9 Å². The monoisotopic (exact) mass is 294 g/mol. The van der Waals surface area contributed by atoms with E-state index < -0.39 is 0 Å². The summed E-state index contributed by atoms with van der Waals surface area (Å²) in [6.07, 6.45) is 8.26. The third-order valence-electron chi connectivity index (χ3n) is 3.80. The number of anilines is 1. The van der Waals surface area contributed by atoms with E-state index in [2.05, 4.69) is 9.97 Å². The van der Waals surface area contributed by atoms with Gasteiger partial charge >= 0.3 is 0 Å². The Morgan fingerprint density at radius 2 is 2.15 bits per heavy atom. The molecule has 20 heavy (non-hydrogen) atoms. The van der Waals surface area contributed by atoms with Gasteiger partial charge in [-0.3, -0.25) is 4.57 Å². The summed E-state index contributed by atoms with van der Waals surface area (Å²) < 4.78 is 7.81. The lowest BCUT2D eigenvalue weighted by Crippen LogP contribution is -2.19. The highest BCUT2D eigenvalue weighted by Crippen LogP contribution is 2.21. The standard InChI is InChI=1S/C14H19ClN4O/c15-10-8-12-13(17-9-10)19(14(16)18-12)6-7-20-11-4-2-1-3-5-11/h8-9,11H,1-7H2,(H2,16,18). The Balaban J connectivity index is 1.66. The number of aromatic nitrogens is 3. The number of pyridine rings is 1. The predicted molar refractivity (Wildman–Crippen MR) is 79.8 cm³/mol. The van der Waals surface area contributed by atoms with Crippen molar-refractivity contribution in [3.63, 3.8) is 0 Å². The normalized spacial score (nSPS) is 16.9. The summed E-state index contributed by atoms with van der Waals surface area (Å²) in [5.74, 6) is 0.460. The molecule has 1 aliphatic carbocycles. The Hall–Kier alpha value is -1.33. The van der Waals surface area contributed by atoms with E-state index in [4.69, 9.17) is 22.1 Å². The van der Waals surface area contributed by atoms with E-state index in [1.165, 1.54) is 32.1 Å². The van der Waals surface area contributed by atoms with Crippen molar-refractivity contribution in [3.05, 3.63) is 17.3 Å². The van der Waals surface area contributed by atoms with Gasteiger partial charge in [0.15, 0.2) is 5.65 Å². The molecular formula is C14H19ClN4O. The summed E-state index contributed by atoms with van der Waals surface area (Å²) in [7, 11) is 0. The first-order valence-corrected chi connectivity index (χ1v) is 7.50. The van der Waals surface area contributed by atoms with Gasteiger partial charge in [-0.05, 0) is 18.9 Å². The zero-order valence-corrected chi connectivity index (χ0v) is 12.1. The number of imidazole rings is 1. The molecular weight excluding hydrogens is 276 g/mol. The quantitative estimate of drug-likeness (QED) is 0.941. The summed E-state index contributed by atoms with van der Waals surface area (Å²) in [5.41, 5.74) is 7.43. The molecule has 2 aromatic heterocycles. The van der Waals surface area contributed by atoms with Crippen molar-refractivity contribution in [2.75, 3.05) is 12.3 Å². The molecule has 0 unspecified atom stereocenters. The Kier molecular flexibility index (Phi) is 4.08. The van der Waals surface area contributed by atoms with Crippen LogP contribution in [0.2, 0.25) is 5.02 Å². The minimum atomic E-state index is 0.405. The molecule has 1 aliphatic rings. The highest BCUT2D eigenvalue weighted by atomic mass is 35.5. The van der Waals surface area contributed by atoms with Crippen LogP contribution >= 0.6 is 11.6 Å². The Labute approximate surface area is 123 Å². The Morgan fingerprint density at radius 1 is 1.35 bits per heavy atom. The number of rotatable bonds is 4. The zero-order chi connectivity index (χ0) is 13.9. The lowest BCUT2D eigenvalue weighted by Gasteiger charge is -2.22. The number of nitrogen functional groups attached to an aromatic ring is 1. The number of hydrogen-bond donors (Lipinski definition) is 1. The number of halogens is 1. The number of fused-ring (bicyclic) bond motifs is 1. The summed E-state index contributed by atoms with van der Waals surface area (Å²) in [4.78, 5) is 8.58. The number of hydrogen-bond acceptors (Lipinski definition) is 4. The van der Waals surface area contributed by atoms with E-state index in [-0.39, 0.29) is 0 Å². The molecule has 0 atom stereocenters. The van der Waals surface area contributed by atoms with Crippen molar-refractivity contribution < 1.29 is 4.74 Å². The second-order valence-corrected chi connectivity index (χ2v) is 5.69. The van der Waals surface area contributed by atoms with Gasteiger partial charge in [0.05, 0.1) is 24.3 Å². The fraction of sp³-hybridized carbons (Fsp3) is 0.571. The van der Waals surface area contributed by atoms with E-state index >= 15 is 0 Å². The molecule has 0 saturated heterocycles. The molecule has 5 nitrogen and oxygen atoms in total. The summed E-state index contributed by atoms with van der Waals surface area (Å²) >= 11 is 5.91. The fourth-order valence-electron chi connectivity index (χ4n) is 2.77. The molecule has 2 N–H and O–H groups in total. The van der Waals surface area contributed by atoms with Crippen LogP contribution in [0.25, 0.3) is 11.2 Å². The first-order chi connectivity index (χ1) is 9.74. The molecule has 108 valence electrons. The second kappa shape index (κ2) is 5.97. The molecule has 0 spiro atoms. The summed E-state index contributed by atoms with van der Waals surface area (Å²) in [5, 5.41) is 0.570. The van der Waals surface area contributed by atoms with E-state index in [1.807, 2.05) is 4.57 Å². The molecule has 0 radical (unpaired) electrons. The van der Waals surface area contributed by atoms with Crippen molar-refractivity contribution in [2.24, 2.45) is 0 Å². The molecule has 0 aliphatic heterocycles. The third-order valence-corrected chi connectivity index (χ3v) is 4.01. The van der Waals surface area contributed by atoms with Crippen molar-refractivity contribution in [3.8, 4) is 0 Å². The minimum absolute atomic E-state index is 0.405.